The molecule has 133 heavy (non-hydrogen) atoms. The summed E-state index contributed by atoms with van der Waals surface area (Å²) in [6.07, 6.45) is -5.18. The fourth-order valence-electron chi connectivity index (χ4n) is 13.6. The second kappa shape index (κ2) is 59.5. The van der Waals surface area contributed by atoms with Crippen molar-refractivity contribution in [3.05, 3.63) is 59.7 Å². The van der Waals surface area contributed by atoms with Crippen molar-refractivity contribution in [3.63, 3.8) is 0 Å². The maximum atomic E-state index is 14.5. The fourth-order valence-corrected chi connectivity index (χ4v) is 14.1. The van der Waals surface area contributed by atoms with Gasteiger partial charge in [-0.25, -0.2) is 4.79 Å². The van der Waals surface area contributed by atoms with Gasteiger partial charge in [-0.2, -0.15) is 25.3 Å². The quantitative estimate of drug-likeness (QED) is 0.0127. The number of likely N-dealkylation sites (tertiary alicyclic amines) is 1. The van der Waals surface area contributed by atoms with Crippen molar-refractivity contribution in [2.24, 2.45) is 57.7 Å². The van der Waals surface area contributed by atoms with Gasteiger partial charge < -0.3 is 161 Å². The Morgan fingerprint density at radius 1 is 0.421 bits per heavy atom. The van der Waals surface area contributed by atoms with Gasteiger partial charge in [-0.15, -0.1) is 0 Å². The first kappa shape index (κ1) is 115. The highest BCUT2D eigenvalue weighted by molar-refractivity contribution is 7.80. The molecule has 0 saturated carbocycles. The van der Waals surface area contributed by atoms with Crippen LogP contribution in [0.15, 0.2) is 48.5 Å². The van der Waals surface area contributed by atoms with Crippen LogP contribution in [0.1, 0.15) is 143 Å². The summed E-state index contributed by atoms with van der Waals surface area (Å²) >= 11 is 8.53. The zero-order valence-electron chi connectivity index (χ0n) is 75.5. The number of hydrogen-bond donors (Lipinski definition) is 33. The number of primary amides is 1. The molecule has 0 aliphatic carbocycles. The number of hydrogen-bond acceptors (Lipinski definition) is 30. The normalized spacial score (nSPS) is 16.4. The highest BCUT2D eigenvalue weighted by Crippen LogP contribution is 2.23. The van der Waals surface area contributed by atoms with Gasteiger partial charge in [0.25, 0.3) is 0 Å². The highest BCUT2D eigenvalue weighted by atomic mass is 32.1. The molecule has 1 aliphatic heterocycles. The standard InChI is InChI=1S/C82H137N27O22S2/c1-7-41(4)62(106-75(125)59-16-12-34-109(59)79(129)61(88)40(2)3)76(126)108-64(43(6)111)78(128)102-54(35-44-17-21-46(112)22-18-44)71(121)105-58(39-133)74(124)101-55(37-60(87)114)72(122)97-49(14-10-32-93-81(89)90)65(115)98-53(27-31-86)70(120)107-63(42(5)110)77(127)100-52(26-30-85)69(119)95-48(13-8-9-28-83)67(117)104-57(38-132)73(123)99-51(25-29-84)68(118)96-50(15-11-33-94-82(91)92)66(116)103-56(80(130)131)36-45-19-23-47(113)24-20-45/h17-24,40-43,48-59,61-64,110-113,132-133H,7-16,25-39,83-86,88H2,1-6H3,(H2,87,114)(H,95,119)(H,96,118)(H,97,122)(H,98,115)(H,99,123)(H,100,127)(H,101,124)(H,102,128)(H,103,116)(H,104,117)(H,105,121)(H,106,125)(H,107,120)(H,108,126)(H,130,131)(H4,89,90,93)(H4,91,92,94)/t41-,42+,43+,48-,49-,50-,51-,52+,53-,54-,55-,56-,57-,58-,59-,61-,62-,63-,64-/m0/s1. The highest BCUT2D eigenvalue weighted by Gasteiger charge is 2.43. The van der Waals surface area contributed by atoms with E-state index in [1.165, 1.54) is 53.4 Å². The fraction of sp³-hybridized carbons (Fsp3) is 0.622. The number of rotatable bonds is 61. The van der Waals surface area contributed by atoms with Gasteiger partial charge >= 0.3 is 5.97 Å². The molecule has 49 nitrogen and oxygen atoms in total. The van der Waals surface area contributed by atoms with Gasteiger partial charge in [-0.3, -0.25) is 87.5 Å². The van der Waals surface area contributed by atoms with Gasteiger partial charge in [0, 0.05) is 44.0 Å². The lowest BCUT2D eigenvalue weighted by molar-refractivity contribution is -0.142. The predicted molar refractivity (Wildman–Crippen MR) is 492 cm³/mol. The number of nitrogens with one attached hydrogen (secondary N) is 18. The number of carboxylic acid groups (broad SMARTS) is 1. The van der Waals surface area contributed by atoms with Crippen molar-refractivity contribution < 1.29 is 107 Å². The molecule has 1 fully saturated rings. The van der Waals surface area contributed by atoms with Crippen molar-refractivity contribution in [2.75, 3.05) is 57.3 Å². The van der Waals surface area contributed by atoms with Gasteiger partial charge in [0.1, 0.15) is 102 Å². The Balaban J connectivity index is 1.89. The maximum Gasteiger partial charge on any atom is 0.326 e. The zero-order chi connectivity index (χ0) is 100. The smallest absolute Gasteiger partial charge is 0.326 e. The van der Waals surface area contributed by atoms with E-state index in [2.05, 4.69) is 110 Å². The predicted octanol–water partition coefficient (Wildman–Crippen LogP) is -10.0. The molecule has 16 amide bonds. The van der Waals surface area contributed by atoms with E-state index in [1.807, 2.05) is 0 Å². The molecule has 0 aromatic heterocycles. The molecule has 19 atom stereocenters. The van der Waals surface area contributed by atoms with E-state index in [-0.39, 0.29) is 134 Å². The van der Waals surface area contributed by atoms with E-state index in [0.29, 0.717) is 30.4 Å². The molecule has 0 spiro atoms. The molecule has 3 rings (SSSR count). The molecule has 744 valence electrons. The van der Waals surface area contributed by atoms with E-state index >= 15 is 0 Å². The number of nitrogens with two attached hydrogens (primary N) is 8. The molecular formula is C82H137N27O22S2. The number of carbonyl (C=O) groups is 17. The number of aliphatic hydroxyl groups excluding tert-OH is 2. The number of aliphatic hydroxyl groups is 2. The van der Waals surface area contributed by atoms with Crippen molar-refractivity contribution in [1.29, 1.82) is 10.8 Å². The average Bonchev–Trinajstić information content (AvgIpc) is 1.63. The van der Waals surface area contributed by atoms with Crippen molar-refractivity contribution in [1.82, 2.24) is 90.0 Å². The summed E-state index contributed by atoms with van der Waals surface area (Å²) in [7, 11) is 0. The number of aromatic hydroxyl groups is 2. The first-order valence-corrected chi connectivity index (χ1v) is 45.0. The lowest BCUT2D eigenvalue weighted by Gasteiger charge is -2.31. The average molecular weight is 1920 g/mol. The first-order chi connectivity index (χ1) is 62.8. The molecule has 1 heterocycles. The first-order valence-electron chi connectivity index (χ1n) is 43.7. The second-order valence-corrected chi connectivity index (χ2v) is 33.3. The van der Waals surface area contributed by atoms with Crippen molar-refractivity contribution in [3.8, 4) is 11.5 Å². The minimum atomic E-state index is -1.97. The van der Waals surface area contributed by atoms with Gasteiger partial charge in [0.2, 0.25) is 94.5 Å². The third kappa shape index (κ3) is 40.1. The Kier molecular flexibility index (Phi) is 51.5. The Hall–Kier alpha value is -12.0. The summed E-state index contributed by atoms with van der Waals surface area (Å²) in [5.41, 5.74) is 46.9. The maximum absolute atomic E-state index is 14.5. The zero-order valence-corrected chi connectivity index (χ0v) is 77.3. The summed E-state index contributed by atoms with van der Waals surface area (Å²) in [6.45, 7) is 8.55. The number of carboxylic acids is 1. The van der Waals surface area contributed by atoms with Gasteiger partial charge in [-0.1, -0.05) is 58.4 Å². The molecule has 39 N–H and O–H groups in total. The molecule has 2 aromatic rings. The number of unbranched alkanes of at least 4 members (excludes halogenated alkanes) is 1. The molecule has 0 bridgehead atoms. The number of thiol groups is 2. The topological polar surface area (TPSA) is 843 Å². The lowest BCUT2D eigenvalue weighted by atomic mass is 9.96. The van der Waals surface area contributed by atoms with Crippen molar-refractivity contribution >= 4 is 138 Å². The second-order valence-electron chi connectivity index (χ2n) is 32.6. The van der Waals surface area contributed by atoms with Crippen LogP contribution in [0.3, 0.4) is 0 Å². The third-order valence-electron chi connectivity index (χ3n) is 21.5. The molecule has 0 radical (unpaired) electrons. The minimum Gasteiger partial charge on any atom is -0.508 e. The minimum absolute atomic E-state index is 0.0430. The van der Waals surface area contributed by atoms with Gasteiger partial charge in [0.15, 0.2) is 11.9 Å². The largest absolute Gasteiger partial charge is 0.508 e. The van der Waals surface area contributed by atoms with Crippen LogP contribution < -0.4 is 131 Å². The monoisotopic (exact) mass is 1920 g/mol. The third-order valence-corrected chi connectivity index (χ3v) is 22.2. The van der Waals surface area contributed by atoms with E-state index in [4.69, 9.17) is 56.7 Å². The Morgan fingerprint density at radius 2 is 0.744 bits per heavy atom. The number of guanidine groups is 2. The summed E-state index contributed by atoms with van der Waals surface area (Å²) in [4.78, 5) is 240. The molecule has 0 unspecified atom stereocenters. The SMILES string of the molecule is CC[C@H](C)[C@H](NC(=O)[C@@H]1CCCN1C(=O)[C@@H](N)C(C)C)C(=O)N[C@H](C(=O)N[C@@H](Cc1ccc(O)cc1)C(=O)N[C@@H](CS)C(=O)N[C@@H](CC(N)=O)C(=O)N[C@@H](CCCNC(=N)N)C(=O)N[C@@H](CCN)C(=O)N[C@H](C(=O)N[C@H](CCN)C(=O)N[C@@H](CCCCN)C(=O)N[C@@H](CS)C(=O)N[C@@H](CCN)C(=O)N[C@@H](CCCNC(=N)N)C(=O)N[C@@H](Cc1ccc(O)cc1)C(=O)O)[C@@H](C)O)[C@@H](C)O. The number of phenolic OH excluding ortho intramolecular Hbond substituents is 2. The number of nitrogens with zero attached hydrogens (tertiary/aromatic N) is 1. The van der Waals surface area contributed by atoms with Gasteiger partial charge in [0.05, 0.1) is 24.7 Å². The molecule has 1 aliphatic rings. The molecular weight excluding hydrogens is 1780 g/mol. The molecule has 2 aromatic carbocycles. The van der Waals surface area contributed by atoms with E-state index in [9.17, 15) is 107 Å². The van der Waals surface area contributed by atoms with Crippen LogP contribution >= 0.6 is 25.3 Å². The Bertz CT molecular complexity index is 4240. The number of aliphatic carboxylic acids is 1. The van der Waals surface area contributed by atoms with Crippen molar-refractivity contribution in [2.45, 2.75) is 253 Å². The summed E-state index contributed by atoms with van der Waals surface area (Å²) < 4.78 is 0. The lowest BCUT2D eigenvalue weighted by Crippen LogP contribution is -2.63. The summed E-state index contributed by atoms with van der Waals surface area (Å²) in [5, 5.41) is 107. The van der Waals surface area contributed by atoms with Crippen LogP contribution in [0.4, 0.5) is 0 Å². The van der Waals surface area contributed by atoms with Crippen LogP contribution in [-0.4, -0.2) is 309 Å². The Morgan fingerprint density at radius 3 is 1.11 bits per heavy atom. The number of amides is 16. The molecule has 51 heteroatoms. The van der Waals surface area contributed by atoms with Crippen LogP contribution in [0, 0.1) is 22.7 Å². The number of phenols is 2. The summed E-state index contributed by atoms with van der Waals surface area (Å²) in [5.74, 6) is -20.9. The molecule has 1 saturated heterocycles. The van der Waals surface area contributed by atoms with Crippen LogP contribution in [-0.2, 0) is 94.3 Å². The number of benzene rings is 2. The Labute approximate surface area is 781 Å². The van der Waals surface area contributed by atoms with Crippen LogP contribution in [0.2, 0.25) is 0 Å². The van der Waals surface area contributed by atoms with Crippen LogP contribution in [0.25, 0.3) is 0 Å². The number of carbonyl (C=O) groups excluding carboxylic acids is 16. The van der Waals surface area contributed by atoms with Gasteiger partial charge in [-0.05, 0) is 164 Å². The summed E-state index contributed by atoms with van der Waals surface area (Å²) in [6, 6.07) is -14.2. The van der Waals surface area contributed by atoms with E-state index in [0.717, 1.165) is 13.8 Å². The van der Waals surface area contributed by atoms with Crippen LogP contribution in [0.5, 0.6) is 11.5 Å². The van der Waals surface area contributed by atoms with E-state index < -0.39 is 252 Å². The van der Waals surface area contributed by atoms with E-state index in [1.54, 1.807) is 27.7 Å².